The van der Waals surface area contributed by atoms with Crippen molar-refractivity contribution in [3.63, 3.8) is 0 Å². The average molecular weight is 278 g/mol. The van der Waals surface area contributed by atoms with Crippen molar-refractivity contribution in [3.8, 4) is 0 Å². The van der Waals surface area contributed by atoms with E-state index in [0.29, 0.717) is 6.42 Å². The summed E-state index contributed by atoms with van der Waals surface area (Å²) in [5.74, 6) is -0.260. The maximum Gasteiger partial charge on any atom is 0.186 e. The fourth-order valence-electron chi connectivity index (χ4n) is 2.27. The third kappa shape index (κ3) is 4.37. The summed E-state index contributed by atoms with van der Waals surface area (Å²) in [4.78, 5) is 0. The van der Waals surface area contributed by atoms with E-state index < -0.39 is 30.7 Å². The summed E-state index contributed by atoms with van der Waals surface area (Å²) >= 11 is 0. The Kier molecular flexibility index (Phi) is 7.20. The van der Waals surface area contributed by atoms with Gasteiger partial charge >= 0.3 is 0 Å². The van der Waals surface area contributed by atoms with Gasteiger partial charge < -0.3 is 29.5 Å². The molecule has 0 aromatic rings. The molecule has 1 heterocycles. The minimum absolute atomic E-state index is 0.134. The third-order valence-corrected chi connectivity index (χ3v) is 3.55. The first kappa shape index (κ1) is 16.8. The van der Waals surface area contributed by atoms with Gasteiger partial charge in [-0.3, -0.25) is 0 Å². The Morgan fingerprint density at radius 2 is 2.05 bits per heavy atom. The van der Waals surface area contributed by atoms with E-state index in [-0.39, 0.29) is 19.1 Å². The van der Waals surface area contributed by atoms with Crippen molar-refractivity contribution in [2.75, 3.05) is 20.3 Å². The average Bonchev–Trinajstić information content (AvgIpc) is 2.40. The number of aliphatic hydroxyl groups is 3. The van der Waals surface area contributed by atoms with Crippen molar-refractivity contribution in [1.82, 2.24) is 0 Å². The lowest BCUT2D eigenvalue weighted by atomic mass is 9.91. The summed E-state index contributed by atoms with van der Waals surface area (Å²) in [6.07, 6.45) is -1.71. The molecule has 0 aliphatic carbocycles. The Bertz CT molecular complexity index is 247. The molecular weight excluding hydrogens is 252 g/mol. The Balaban J connectivity index is 2.58. The molecule has 1 fully saturated rings. The number of rotatable bonds is 7. The number of ether oxygens (including phenoxy) is 3. The molecule has 0 aromatic heterocycles. The maximum absolute atomic E-state index is 10.2. The lowest BCUT2D eigenvalue weighted by Crippen LogP contribution is -2.56. The fraction of sp³-hybridized carbons (Fsp3) is 1.00. The Morgan fingerprint density at radius 3 is 2.58 bits per heavy atom. The maximum atomic E-state index is 10.2. The first-order chi connectivity index (χ1) is 9.04. The first-order valence-electron chi connectivity index (χ1n) is 6.81. The number of methoxy groups -OCH3 is 1. The van der Waals surface area contributed by atoms with E-state index in [1.54, 1.807) is 6.92 Å². The van der Waals surface area contributed by atoms with Gasteiger partial charge in [-0.05, 0) is 6.42 Å². The molecule has 114 valence electrons. The van der Waals surface area contributed by atoms with Crippen LogP contribution in [0, 0.1) is 5.92 Å². The van der Waals surface area contributed by atoms with Gasteiger partial charge in [-0.15, -0.1) is 0 Å². The molecule has 1 saturated heterocycles. The molecule has 0 saturated carbocycles. The highest BCUT2D eigenvalue weighted by molar-refractivity contribution is 4.87. The van der Waals surface area contributed by atoms with Gasteiger partial charge in [0, 0.05) is 13.0 Å². The molecular formula is C13H26O6. The number of hydrogen-bond donors (Lipinski definition) is 3. The largest absolute Gasteiger partial charge is 0.394 e. The molecule has 19 heavy (non-hydrogen) atoms. The molecule has 6 nitrogen and oxygen atoms in total. The van der Waals surface area contributed by atoms with Crippen molar-refractivity contribution >= 4 is 0 Å². The summed E-state index contributed by atoms with van der Waals surface area (Å²) in [5, 5.41) is 29.1. The zero-order valence-electron chi connectivity index (χ0n) is 11.9. The van der Waals surface area contributed by atoms with Crippen molar-refractivity contribution in [2.45, 2.75) is 57.4 Å². The van der Waals surface area contributed by atoms with E-state index in [0.717, 1.165) is 6.42 Å². The molecule has 0 aromatic carbocycles. The van der Waals surface area contributed by atoms with Crippen molar-refractivity contribution < 1.29 is 29.5 Å². The van der Waals surface area contributed by atoms with Crippen LogP contribution in [-0.2, 0) is 14.2 Å². The van der Waals surface area contributed by atoms with Gasteiger partial charge in [0.05, 0.1) is 31.5 Å². The lowest BCUT2D eigenvalue weighted by molar-refractivity contribution is -0.293. The zero-order chi connectivity index (χ0) is 14.4. The highest BCUT2D eigenvalue weighted by Gasteiger charge is 2.43. The topological polar surface area (TPSA) is 88.4 Å². The van der Waals surface area contributed by atoms with Crippen LogP contribution in [0.5, 0.6) is 0 Å². The van der Waals surface area contributed by atoms with E-state index >= 15 is 0 Å². The predicted molar refractivity (Wildman–Crippen MR) is 68.6 cm³/mol. The highest BCUT2D eigenvalue weighted by atomic mass is 16.7. The van der Waals surface area contributed by atoms with Crippen LogP contribution in [0.2, 0.25) is 0 Å². The van der Waals surface area contributed by atoms with E-state index in [4.69, 9.17) is 14.2 Å². The standard InChI is InChI=1S/C13H26O6/c1-4-5-9(15)7-18-12-11(16)8(2)10(6-14)19-13(12)17-3/h8-16H,4-7H2,1-3H3/t8-,9?,10?,11+,12?,13-/m0/s1. The minimum Gasteiger partial charge on any atom is -0.394 e. The fourth-order valence-corrected chi connectivity index (χ4v) is 2.27. The number of hydrogen-bond acceptors (Lipinski definition) is 6. The normalized spacial score (nSPS) is 37.3. The van der Waals surface area contributed by atoms with Gasteiger partial charge in [0.1, 0.15) is 6.10 Å². The lowest BCUT2D eigenvalue weighted by Gasteiger charge is -2.42. The van der Waals surface area contributed by atoms with Crippen LogP contribution in [0.15, 0.2) is 0 Å². The smallest absolute Gasteiger partial charge is 0.186 e. The zero-order valence-corrected chi connectivity index (χ0v) is 11.9. The highest BCUT2D eigenvalue weighted by Crippen LogP contribution is 2.28. The SMILES string of the molecule is CCCC(O)COC1[C@@H](OC)OC(CO)[C@H](C)[C@H]1O. The van der Waals surface area contributed by atoms with E-state index in [1.165, 1.54) is 7.11 Å². The molecule has 0 radical (unpaired) electrons. The van der Waals surface area contributed by atoms with Gasteiger partial charge in [0.25, 0.3) is 0 Å². The molecule has 6 heteroatoms. The van der Waals surface area contributed by atoms with E-state index in [9.17, 15) is 15.3 Å². The summed E-state index contributed by atoms with van der Waals surface area (Å²) in [7, 11) is 1.46. The van der Waals surface area contributed by atoms with Gasteiger partial charge in [-0.2, -0.15) is 0 Å². The van der Waals surface area contributed by atoms with Crippen LogP contribution in [-0.4, -0.2) is 66.3 Å². The van der Waals surface area contributed by atoms with Crippen molar-refractivity contribution in [1.29, 1.82) is 0 Å². The Labute approximate surface area is 114 Å². The summed E-state index contributed by atoms with van der Waals surface area (Å²) in [6.45, 7) is 3.72. The monoisotopic (exact) mass is 278 g/mol. The van der Waals surface area contributed by atoms with Crippen LogP contribution in [0.3, 0.4) is 0 Å². The second kappa shape index (κ2) is 8.14. The minimum atomic E-state index is -0.801. The van der Waals surface area contributed by atoms with Crippen molar-refractivity contribution in [2.24, 2.45) is 5.92 Å². The Hall–Kier alpha value is -0.240. The molecule has 3 unspecified atom stereocenters. The van der Waals surface area contributed by atoms with Gasteiger partial charge in [0.2, 0.25) is 0 Å². The summed E-state index contributed by atoms with van der Waals surface area (Å²) in [5.41, 5.74) is 0. The number of aliphatic hydroxyl groups excluding tert-OH is 3. The molecule has 6 atom stereocenters. The predicted octanol–water partition coefficient (Wildman–Crippen LogP) is -0.107. The van der Waals surface area contributed by atoms with E-state index in [2.05, 4.69) is 0 Å². The quantitative estimate of drug-likeness (QED) is 0.602. The van der Waals surface area contributed by atoms with E-state index in [1.807, 2.05) is 6.92 Å². The molecule has 0 spiro atoms. The van der Waals surface area contributed by atoms with Crippen LogP contribution < -0.4 is 0 Å². The van der Waals surface area contributed by atoms with Crippen LogP contribution in [0.25, 0.3) is 0 Å². The summed E-state index contributed by atoms with van der Waals surface area (Å²) < 4.78 is 16.2. The second-order valence-corrected chi connectivity index (χ2v) is 5.05. The molecule has 0 bridgehead atoms. The second-order valence-electron chi connectivity index (χ2n) is 5.05. The van der Waals surface area contributed by atoms with Crippen LogP contribution in [0.4, 0.5) is 0 Å². The summed E-state index contributed by atoms with van der Waals surface area (Å²) in [6, 6.07) is 0. The molecule has 1 aliphatic rings. The third-order valence-electron chi connectivity index (χ3n) is 3.55. The first-order valence-corrected chi connectivity index (χ1v) is 6.81. The van der Waals surface area contributed by atoms with Crippen LogP contribution >= 0.6 is 0 Å². The molecule has 1 aliphatic heterocycles. The molecule has 1 rings (SSSR count). The Morgan fingerprint density at radius 1 is 1.37 bits per heavy atom. The van der Waals surface area contributed by atoms with Gasteiger partial charge in [-0.1, -0.05) is 20.3 Å². The molecule has 3 N–H and O–H groups in total. The van der Waals surface area contributed by atoms with Crippen LogP contribution in [0.1, 0.15) is 26.7 Å². The van der Waals surface area contributed by atoms with Gasteiger partial charge in [-0.25, -0.2) is 0 Å². The molecule has 0 amide bonds. The van der Waals surface area contributed by atoms with Gasteiger partial charge in [0.15, 0.2) is 6.29 Å². The van der Waals surface area contributed by atoms with Crippen molar-refractivity contribution in [3.05, 3.63) is 0 Å².